The van der Waals surface area contributed by atoms with Crippen LogP contribution in [0, 0.1) is 11.3 Å². The molecule has 120 valence electrons. The Hall–Kier alpha value is -0.860. The van der Waals surface area contributed by atoms with Gasteiger partial charge in [0.05, 0.1) is 6.61 Å². The van der Waals surface area contributed by atoms with Gasteiger partial charge in [-0.2, -0.15) is 0 Å². The molecule has 0 aliphatic heterocycles. The maximum atomic E-state index is 5.14. The Bertz CT molecular complexity index is 391. The summed E-state index contributed by atoms with van der Waals surface area (Å²) in [5.41, 5.74) is 3.10. The minimum atomic E-state index is 0.353. The smallest absolute Gasteiger partial charge is 0.0502 e. The van der Waals surface area contributed by atoms with E-state index in [1.807, 2.05) is 0 Å². The van der Waals surface area contributed by atoms with E-state index in [0.29, 0.717) is 17.4 Å². The fraction of sp³-hybridized carbons (Fsp3) is 0.684. The molecule has 2 heteroatoms. The second kappa shape index (κ2) is 8.55. The van der Waals surface area contributed by atoms with E-state index >= 15 is 0 Å². The van der Waals surface area contributed by atoms with Crippen molar-refractivity contribution in [3.8, 4) is 0 Å². The van der Waals surface area contributed by atoms with Gasteiger partial charge in [0, 0.05) is 13.2 Å². The molecule has 0 saturated carbocycles. The fourth-order valence-electron chi connectivity index (χ4n) is 2.43. The average molecular weight is 291 g/mol. The van der Waals surface area contributed by atoms with Crippen LogP contribution in [-0.2, 0) is 11.2 Å². The van der Waals surface area contributed by atoms with Crippen molar-refractivity contribution in [1.29, 1.82) is 0 Å². The molecule has 0 aromatic heterocycles. The first-order valence-corrected chi connectivity index (χ1v) is 8.19. The van der Waals surface area contributed by atoms with E-state index in [0.717, 1.165) is 19.6 Å². The van der Waals surface area contributed by atoms with Crippen LogP contribution in [0.4, 0.5) is 0 Å². The molecular weight excluding hydrogens is 258 g/mol. The molecule has 0 amide bonds. The zero-order valence-corrected chi connectivity index (χ0v) is 14.7. The van der Waals surface area contributed by atoms with E-state index in [1.165, 1.54) is 17.5 Å². The van der Waals surface area contributed by atoms with Crippen molar-refractivity contribution < 1.29 is 4.74 Å². The summed E-state index contributed by atoms with van der Waals surface area (Å²) in [6.07, 6.45) is 2.16. The number of hydrogen-bond acceptors (Lipinski definition) is 2. The molecule has 0 fully saturated rings. The van der Waals surface area contributed by atoms with E-state index in [4.69, 9.17) is 4.74 Å². The minimum absolute atomic E-state index is 0.353. The SMILES string of the molecule is CCNC(CC(C)C(C)(C)C)c1ccc(CCOC)cc1. The van der Waals surface area contributed by atoms with Crippen LogP contribution in [0.15, 0.2) is 24.3 Å². The highest BCUT2D eigenvalue weighted by Crippen LogP contribution is 2.33. The third kappa shape index (κ3) is 6.19. The molecular formula is C19H33NO. The highest BCUT2D eigenvalue weighted by Gasteiger charge is 2.24. The van der Waals surface area contributed by atoms with Gasteiger partial charge in [-0.1, -0.05) is 58.9 Å². The van der Waals surface area contributed by atoms with Gasteiger partial charge < -0.3 is 10.1 Å². The summed E-state index contributed by atoms with van der Waals surface area (Å²) in [4.78, 5) is 0. The maximum absolute atomic E-state index is 5.14. The largest absolute Gasteiger partial charge is 0.384 e. The number of rotatable bonds is 8. The van der Waals surface area contributed by atoms with Crippen molar-refractivity contribution >= 4 is 0 Å². The van der Waals surface area contributed by atoms with Gasteiger partial charge >= 0.3 is 0 Å². The lowest BCUT2D eigenvalue weighted by atomic mass is 9.77. The molecule has 2 atom stereocenters. The van der Waals surface area contributed by atoms with E-state index in [1.54, 1.807) is 7.11 Å². The zero-order chi connectivity index (χ0) is 15.9. The molecule has 0 radical (unpaired) electrons. The molecule has 0 saturated heterocycles. The molecule has 1 aromatic rings. The van der Waals surface area contributed by atoms with Crippen molar-refractivity contribution in [2.45, 2.75) is 53.5 Å². The average Bonchev–Trinajstić information content (AvgIpc) is 2.44. The zero-order valence-electron chi connectivity index (χ0n) is 14.7. The van der Waals surface area contributed by atoms with Crippen LogP contribution in [0.1, 0.15) is 58.2 Å². The third-order valence-corrected chi connectivity index (χ3v) is 4.50. The number of nitrogens with one attached hydrogen (secondary N) is 1. The Morgan fingerprint density at radius 3 is 2.24 bits per heavy atom. The first-order chi connectivity index (χ1) is 9.88. The van der Waals surface area contributed by atoms with Crippen molar-refractivity contribution in [2.75, 3.05) is 20.3 Å². The second-order valence-corrected chi connectivity index (χ2v) is 7.10. The van der Waals surface area contributed by atoms with Gasteiger partial charge in [0.2, 0.25) is 0 Å². The Morgan fingerprint density at radius 2 is 1.76 bits per heavy atom. The van der Waals surface area contributed by atoms with Crippen molar-refractivity contribution in [3.63, 3.8) is 0 Å². The molecule has 1 N–H and O–H groups in total. The topological polar surface area (TPSA) is 21.3 Å². The van der Waals surface area contributed by atoms with Crippen LogP contribution in [0.2, 0.25) is 0 Å². The van der Waals surface area contributed by atoms with Crippen molar-refractivity contribution in [1.82, 2.24) is 5.32 Å². The lowest BCUT2D eigenvalue weighted by Crippen LogP contribution is -2.27. The molecule has 2 nitrogen and oxygen atoms in total. The van der Waals surface area contributed by atoms with Gasteiger partial charge in [0.1, 0.15) is 0 Å². The molecule has 21 heavy (non-hydrogen) atoms. The number of methoxy groups -OCH3 is 1. The van der Waals surface area contributed by atoms with E-state index in [-0.39, 0.29) is 0 Å². The van der Waals surface area contributed by atoms with Gasteiger partial charge in [-0.05, 0) is 41.8 Å². The predicted molar refractivity (Wildman–Crippen MR) is 91.7 cm³/mol. The van der Waals surface area contributed by atoms with Crippen LogP contribution in [0.5, 0.6) is 0 Å². The van der Waals surface area contributed by atoms with Gasteiger partial charge in [-0.3, -0.25) is 0 Å². The summed E-state index contributed by atoms with van der Waals surface area (Å²) in [6.45, 7) is 13.3. The van der Waals surface area contributed by atoms with Crippen LogP contribution in [0.3, 0.4) is 0 Å². The first-order valence-electron chi connectivity index (χ1n) is 8.19. The summed E-state index contributed by atoms with van der Waals surface area (Å²) in [5, 5.41) is 3.64. The highest BCUT2D eigenvalue weighted by atomic mass is 16.5. The number of benzene rings is 1. The number of ether oxygens (including phenoxy) is 1. The molecule has 2 unspecified atom stereocenters. The van der Waals surface area contributed by atoms with Gasteiger partial charge in [-0.25, -0.2) is 0 Å². The Labute approximate surface area is 131 Å². The Morgan fingerprint density at radius 1 is 1.14 bits per heavy atom. The van der Waals surface area contributed by atoms with E-state index in [2.05, 4.69) is 64.2 Å². The predicted octanol–water partition coefficient (Wildman–Crippen LogP) is 4.60. The van der Waals surface area contributed by atoms with Crippen molar-refractivity contribution in [2.24, 2.45) is 11.3 Å². The summed E-state index contributed by atoms with van der Waals surface area (Å²) >= 11 is 0. The summed E-state index contributed by atoms with van der Waals surface area (Å²) in [7, 11) is 1.75. The molecule has 0 spiro atoms. The Kier molecular flexibility index (Phi) is 7.41. The number of hydrogen-bond donors (Lipinski definition) is 1. The third-order valence-electron chi connectivity index (χ3n) is 4.50. The lowest BCUT2D eigenvalue weighted by Gasteiger charge is -2.31. The molecule has 0 aliphatic carbocycles. The maximum Gasteiger partial charge on any atom is 0.0502 e. The van der Waals surface area contributed by atoms with Crippen LogP contribution in [0.25, 0.3) is 0 Å². The minimum Gasteiger partial charge on any atom is -0.384 e. The molecule has 0 bridgehead atoms. The standard InChI is InChI=1S/C19H33NO/c1-7-20-18(14-15(2)19(3,4)5)17-10-8-16(9-11-17)12-13-21-6/h8-11,15,18,20H,7,12-14H2,1-6H3. The fourth-order valence-corrected chi connectivity index (χ4v) is 2.43. The van der Waals surface area contributed by atoms with Gasteiger partial charge in [-0.15, -0.1) is 0 Å². The van der Waals surface area contributed by atoms with Gasteiger partial charge in [0.15, 0.2) is 0 Å². The Balaban J connectivity index is 2.75. The van der Waals surface area contributed by atoms with E-state index < -0.39 is 0 Å². The second-order valence-electron chi connectivity index (χ2n) is 7.10. The highest BCUT2D eigenvalue weighted by molar-refractivity contribution is 5.25. The van der Waals surface area contributed by atoms with Gasteiger partial charge in [0.25, 0.3) is 0 Å². The molecule has 0 aliphatic rings. The normalized spacial score (nSPS) is 15.0. The van der Waals surface area contributed by atoms with Crippen LogP contribution in [-0.4, -0.2) is 20.3 Å². The summed E-state index contributed by atoms with van der Waals surface area (Å²) in [5.74, 6) is 0.676. The first kappa shape index (κ1) is 18.2. The summed E-state index contributed by atoms with van der Waals surface area (Å²) < 4.78 is 5.14. The van der Waals surface area contributed by atoms with Crippen LogP contribution >= 0.6 is 0 Å². The lowest BCUT2D eigenvalue weighted by molar-refractivity contribution is 0.202. The molecule has 0 heterocycles. The summed E-state index contributed by atoms with van der Waals surface area (Å²) in [6, 6.07) is 9.46. The van der Waals surface area contributed by atoms with Crippen LogP contribution < -0.4 is 5.32 Å². The van der Waals surface area contributed by atoms with E-state index in [9.17, 15) is 0 Å². The molecule has 1 aromatic carbocycles. The monoisotopic (exact) mass is 291 g/mol. The van der Waals surface area contributed by atoms with Crippen molar-refractivity contribution in [3.05, 3.63) is 35.4 Å². The quantitative estimate of drug-likeness (QED) is 0.756. The molecule has 1 rings (SSSR count).